The van der Waals surface area contributed by atoms with E-state index in [9.17, 15) is 9.90 Å². The Morgan fingerprint density at radius 3 is 1.46 bits per heavy atom. The van der Waals surface area contributed by atoms with Gasteiger partial charge in [0, 0.05) is 26.8 Å². The van der Waals surface area contributed by atoms with Crippen LogP contribution < -0.4 is 5.11 Å². The van der Waals surface area contributed by atoms with Gasteiger partial charge in [0.15, 0.2) is 0 Å². The zero-order valence-electron chi connectivity index (χ0n) is 17.9. The summed E-state index contributed by atoms with van der Waals surface area (Å²) in [6, 6.07) is 0. The Kier molecular flexibility index (Phi) is 22.7. The molecule has 0 heterocycles. The van der Waals surface area contributed by atoms with E-state index in [0.717, 1.165) is 0 Å². The van der Waals surface area contributed by atoms with Gasteiger partial charge in [-0.15, -0.1) is 0 Å². The molecule has 0 amide bonds. The third kappa shape index (κ3) is 18.6. The maximum Gasteiger partial charge on any atom is 0.0701 e. The predicted molar refractivity (Wildman–Crippen MR) is 111 cm³/mol. The first kappa shape index (κ1) is 28.0. The highest BCUT2D eigenvalue weighted by Crippen LogP contribution is 2.60. The molecule has 0 unspecified atom stereocenters. The van der Waals surface area contributed by atoms with E-state index in [-0.39, 0.29) is 13.0 Å². The van der Waals surface area contributed by atoms with Crippen molar-refractivity contribution in [3.63, 3.8) is 0 Å². The van der Waals surface area contributed by atoms with Gasteiger partial charge >= 0.3 is 0 Å². The van der Waals surface area contributed by atoms with Crippen LogP contribution in [0.5, 0.6) is 0 Å². The standard InChI is InChI=1S/C12H28P.C8H16O5/c1-5-9-13(10-6-2,11-7-3)12-8-4;1-11-4-5-13-7-6-12-3-2-8(9)10/h5-12H2,1-4H3;2-7H2,1H3,(H,9,10)/q+1;/p-1. The van der Waals surface area contributed by atoms with Crippen molar-refractivity contribution in [2.24, 2.45) is 0 Å². The van der Waals surface area contributed by atoms with Crippen molar-refractivity contribution in [2.75, 3.05) is 64.8 Å². The van der Waals surface area contributed by atoms with E-state index in [1.165, 1.54) is 25.7 Å². The summed E-state index contributed by atoms with van der Waals surface area (Å²) < 4.78 is 14.8. The van der Waals surface area contributed by atoms with Crippen molar-refractivity contribution in [3.8, 4) is 0 Å². The number of carbonyl (C=O) groups is 1. The minimum Gasteiger partial charge on any atom is -0.550 e. The normalized spacial score (nSPS) is 11.1. The van der Waals surface area contributed by atoms with E-state index < -0.39 is 13.2 Å². The smallest absolute Gasteiger partial charge is 0.0701 e. The Balaban J connectivity index is 0. The molecule has 0 saturated carbocycles. The van der Waals surface area contributed by atoms with Crippen molar-refractivity contribution in [2.45, 2.75) is 59.8 Å². The number of rotatable bonds is 17. The molecule has 26 heavy (non-hydrogen) atoms. The number of carboxylic acids is 1. The number of methoxy groups -OCH3 is 1. The molecule has 0 fully saturated rings. The van der Waals surface area contributed by atoms with Crippen molar-refractivity contribution in [1.29, 1.82) is 0 Å². The summed E-state index contributed by atoms with van der Waals surface area (Å²) in [5.74, 6) is -1.10. The second-order valence-electron chi connectivity index (χ2n) is 6.58. The van der Waals surface area contributed by atoms with Gasteiger partial charge in [0.05, 0.1) is 57.7 Å². The van der Waals surface area contributed by atoms with Crippen LogP contribution in [0.25, 0.3) is 0 Å². The highest BCUT2D eigenvalue weighted by Gasteiger charge is 2.32. The van der Waals surface area contributed by atoms with Gasteiger partial charge < -0.3 is 24.1 Å². The van der Waals surface area contributed by atoms with Gasteiger partial charge in [-0.1, -0.05) is 27.7 Å². The second kappa shape index (κ2) is 21.1. The first-order valence-corrected chi connectivity index (χ1v) is 12.7. The first-order valence-electron chi connectivity index (χ1n) is 10.2. The van der Waals surface area contributed by atoms with Gasteiger partial charge in [-0.05, 0) is 25.7 Å². The molecular weight excluding hydrogens is 351 g/mol. The SMILES string of the molecule is CCC[P+](CCC)(CCC)CCC.COCCOCCOCCC(=O)[O-]. The van der Waals surface area contributed by atoms with Crippen LogP contribution in [0, 0.1) is 0 Å². The lowest BCUT2D eigenvalue weighted by Crippen LogP contribution is -2.23. The Morgan fingerprint density at radius 2 is 1.12 bits per heavy atom. The van der Waals surface area contributed by atoms with Gasteiger partial charge in [-0.25, -0.2) is 0 Å². The molecule has 5 nitrogen and oxygen atoms in total. The molecule has 0 bridgehead atoms. The molecule has 0 aromatic heterocycles. The molecule has 0 aliphatic carbocycles. The average molecular weight is 395 g/mol. The number of aliphatic carboxylic acids is 1. The predicted octanol–water partition coefficient (Wildman–Crippen LogP) is 3.45. The molecule has 0 aromatic carbocycles. The lowest BCUT2D eigenvalue weighted by atomic mass is 10.5. The molecular formula is C20H43O5P. The lowest BCUT2D eigenvalue weighted by molar-refractivity contribution is -0.306. The summed E-state index contributed by atoms with van der Waals surface area (Å²) in [5, 5.41) is 9.93. The monoisotopic (exact) mass is 394 g/mol. The number of hydrogen-bond acceptors (Lipinski definition) is 5. The first-order chi connectivity index (χ1) is 12.5. The van der Waals surface area contributed by atoms with Crippen molar-refractivity contribution in [3.05, 3.63) is 0 Å². The van der Waals surface area contributed by atoms with Crippen LogP contribution >= 0.6 is 7.26 Å². The molecule has 0 saturated heterocycles. The third-order valence-corrected chi connectivity index (χ3v) is 9.63. The summed E-state index contributed by atoms with van der Waals surface area (Å²) >= 11 is 0. The van der Waals surface area contributed by atoms with E-state index in [4.69, 9.17) is 14.2 Å². The molecule has 0 rings (SSSR count). The van der Waals surface area contributed by atoms with Gasteiger partial charge in [-0.3, -0.25) is 0 Å². The summed E-state index contributed by atoms with van der Waals surface area (Å²) in [6.45, 7) is 11.5. The highest BCUT2D eigenvalue weighted by atomic mass is 31.2. The van der Waals surface area contributed by atoms with Gasteiger partial charge in [-0.2, -0.15) is 0 Å². The minimum atomic E-state index is -1.10. The summed E-state index contributed by atoms with van der Waals surface area (Å²) in [6.07, 6.45) is 11.8. The number of carbonyl (C=O) groups excluding carboxylic acids is 1. The molecule has 0 radical (unpaired) electrons. The maximum absolute atomic E-state index is 9.93. The second-order valence-corrected chi connectivity index (χ2v) is 11.0. The van der Waals surface area contributed by atoms with E-state index in [1.54, 1.807) is 31.8 Å². The molecule has 0 aliphatic heterocycles. The number of carboxylic acid groups (broad SMARTS) is 1. The van der Waals surface area contributed by atoms with Crippen molar-refractivity contribution >= 4 is 13.2 Å². The molecule has 0 N–H and O–H groups in total. The molecule has 0 aromatic rings. The highest BCUT2D eigenvalue weighted by molar-refractivity contribution is 7.75. The lowest BCUT2D eigenvalue weighted by Gasteiger charge is -2.26. The van der Waals surface area contributed by atoms with Crippen LogP contribution in [0.1, 0.15) is 59.8 Å². The summed E-state index contributed by atoms with van der Waals surface area (Å²) in [5.41, 5.74) is 0. The van der Waals surface area contributed by atoms with Crippen molar-refractivity contribution < 1.29 is 24.1 Å². The van der Waals surface area contributed by atoms with Crippen molar-refractivity contribution in [1.82, 2.24) is 0 Å². The van der Waals surface area contributed by atoms with Crippen LogP contribution in [-0.4, -0.2) is 70.8 Å². The largest absolute Gasteiger partial charge is 0.550 e. The maximum atomic E-state index is 9.93. The van der Waals surface area contributed by atoms with Gasteiger partial charge in [0.25, 0.3) is 0 Å². The van der Waals surface area contributed by atoms with E-state index >= 15 is 0 Å². The van der Waals surface area contributed by atoms with Crippen LogP contribution in [-0.2, 0) is 19.0 Å². The Labute approximate surface area is 162 Å². The van der Waals surface area contributed by atoms with E-state index in [1.807, 2.05) is 0 Å². The number of ether oxygens (including phenoxy) is 3. The Bertz CT molecular complexity index is 270. The zero-order chi connectivity index (χ0) is 20.1. The minimum absolute atomic E-state index is 0.0714. The fourth-order valence-electron chi connectivity index (χ4n) is 3.19. The fourth-order valence-corrected chi connectivity index (χ4v) is 8.32. The van der Waals surface area contributed by atoms with Crippen LogP contribution in [0.4, 0.5) is 0 Å². The quantitative estimate of drug-likeness (QED) is 0.279. The van der Waals surface area contributed by atoms with Crippen LogP contribution in [0.3, 0.4) is 0 Å². The molecule has 0 spiro atoms. The van der Waals surface area contributed by atoms with Gasteiger partial charge in [0.2, 0.25) is 0 Å². The molecule has 0 atom stereocenters. The van der Waals surface area contributed by atoms with E-state index in [2.05, 4.69) is 27.7 Å². The fraction of sp³-hybridized carbons (Fsp3) is 0.950. The molecule has 0 aliphatic rings. The topological polar surface area (TPSA) is 67.8 Å². The zero-order valence-corrected chi connectivity index (χ0v) is 18.8. The van der Waals surface area contributed by atoms with E-state index in [0.29, 0.717) is 26.4 Å². The van der Waals surface area contributed by atoms with Crippen LogP contribution in [0.15, 0.2) is 0 Å². The summed E-state index contributed by atoms with van der Waals surface area (Å²) in [7, 11) is 1.10. The third-order valence-electron chi connectivity index (χ3n) is 4.05. The van der Waals surface area contributed by atoms with Crippen LogP contribution in [0.2, 0.25) is 0 Å². The van der Waals surface area contributed by atoms with Gasteiger partial charge in [0.1, 0.15) is 0 Å². The Hall–Kier alpha value is -0.220. The Morgan fingerprint density at radius 1 is 0.731 bits per heavy atom. The molecule has 158 valence electrons. The number of hydrogen-bond donors (Lipinski definition) is 0. The summed E-state index contributed by atoms with van der Waals surface area (Å²) in [4.78, 5) is 9.93. The molecule has 6 heteroatoms. The average Bonchev–Trinajstić information content (AvgIpc) is 2.58.